The van der Waals surface area contributed by atoms with Gasteiger partial charge in [-0.05, 0) is 36.5 Å². The third kappa shape index (κ3) is 5.33. The van der Waals surface area contributed by atoms with Crippen LogP contribution in [0, 0.1) is 0 Å². The van der Waals surface area contributed by atoms with E-state index >= 15 is 0 Å². The van der Waals surface area contributed by atoms with Crippen LogP contribution in [-0.4, -0.2) is 18.6 Å². The molecule has 0 radical (unpaired) electrons. The summed E-state index contributed by atoms with van der Waals surface area (Å²) >= 11 is 0. The fourth-order valence-electron chi connectivity index (χ4n) is 1.86. The summed E-state index contributed by atoms with van der Waals surface area (Å²) in [5.74, 6) is 1.19. The van der Waals surface area contributed by atoms with Crippen molar-refractivity contribution in [3.8, 4) is 5.75 Å². The first-order valence-corrected chi connectivity index (χ1v) is 7.08. The lowest BCUT2D eigenvalue weighted by atomic mass is 10.0. The van der Waals surface area contributed by atoms with Crippen molar-refractivity contribution >= 4 is 5.91 Å². The smallest absolute Gasteiger partial charge is 0.258 e. The molecule has 0 aromatic heterocycles. The number of nitrogens with one attached hydrogen (secondary N) is 1. The molecule has 0 aliphatic heterocycles. The number of carbonyl (C=O) groups is 1. The van der Waals surface area contributed by atoms with Gasteiger partial charge in [0.15, 0.2) is 6.61 Å². The van der Waals surface area contributed by atoms with E-state index in [0.29, 0.717) is 5.92 Å². The van der Waals surface area contributed by atoms with Gasteiger partial charge in [0, 0.05) is 6.04 Å². The largest absolute Gasteiger partial charge is 0.484 e. The van der Waals surface area contributed by atoms with Gasteiger partial charge in [-0.2, -0.15) is 0 Å². The molecule has 1 amide bonds. The summed E-state index contributed by atoms with van der Waals surface area (Å²) in [6.45, 7) is 8.52. The van der Waals surface area contributed by atoms with Crippen molar-refractivity contribution in [1.29, 1.82) is 0 Å². The SMILES string of the molecule is CCC(CC)NC(=O)COc1ccc(C(C)C)cc1. The Bertz CT molecular complexity index is 380. The molecule has 0 spiro atoms. The van der Waals surface area contributed by atoms with Crippen LogP contribution in [0.1, 0.15) is 52.0 Å². The van der Waals surface area contributed by atoms with Crippen molar-refractivity contribution in [2.75, 3.05) is 6.61 Å². The number of hydrogen-bond acceptors (Lipinski definition) is 2. The van der Waals surface area contributed by atoms with E-state index in [1.807, 2.05) is 24.3 Å². The van der Waals surface area contributed by atoms with Gasteiger partial charge in [0.25, 0.3) is 5.91 Å². The van der Waals surface area contributed by atoms with Crippen LogP contribution in [0.5, 0.6) is 5.75 Å². The maximum Gasteiger partial charge on any atom is 0.258 e. The van der Waals surface area contributed by atoms with E-state index in [0.717, 1.165) is 18.6 Å². The summed E-state index contributed by atoms with van der Waals surface area (Å²) in [5.41, 5.74) is 1.27. The lowest BCUT2D eigenvalue weighted by Gasteiger charge is -2.15. The van der Waals surface area contributed by atoms with E-state index in [9.17, 15) is 4.79 Å². The highest BCUT2D eigenvalue weighted by atomic mass is 16.5. The fourth-order valence-corrected chi connectivity index (χ4v) is 1.86. The summed E-state index contributed by atoms with van der Waals surface area (Å²) in [7, 11) is 0. The molecule has 0 fully saturated rings. The number of amides is 1. The molecule has 0 heterocycles. The Morgan fingerprint density at radius 1 is 1.16 bits per heavy atom. The second kappa shape index (κ2) is 7.82. The molecule has 0 aliphatic carbocycles. The Morgan fingerprint density at radius 2 is 1.74 bits per heavy atom. The Kier molecular flexibility index (Phi) is 6.40. The zero-order chi connectivity index (χ0) is 14.3. The van der Waals surface area contributed by atoms with Crippen molar-refractivity contribution in [3.05, 3.63) is 29.8 Å². The molecule has 1 aromatic carbocycles. The molecule has 1 aromatic rings. The number of hydrogen-bond donors (Lipinski definition) is 1. The van der Waals surface area contributed by atoms with E-state index in [2.05, 4.69) is 33.0 Å². The van der Waals surface area contributed by atoms with Crippen molar-refractivity contribution in [1.82, 2.24) is 5.32 Å². The zero-order valence-electron chi connectivity index (χ0n) is 12.4. The Morgan fingerprint density at radius 3 is 2.21 bits per heavy atom. The van der Waals surface area contributed by atoms with Crippen molar-refractivity contribution in [2.24, 2.45) is 0 Å². The molecule has 0 aliphatic rings. The molecule has 1 N–H and O–H groups in total. The molecular weight excluding hydrogens is 238 g/mol. The first-order chi connectivity index (χ1) is 9.06. The maximum absolute atomic E-state index is 11.7. The summed E-state index contributed by atoms with van der Waals surface area (Å²) < 4.78 is 5.48. The molecule has 0 bridgehead atoms. The number of benzene rings is 1. The van der Waals surface area contributed by atoms with E-state index in [4.69, 9.17) is 4.74 Å². The van der Waals surface area contributed by atoms with E-state index < -0.39 is 0 Å². The van der Waals surface area contributed by atoms with Crippen LogP contribution < -0.4 is 10.1 Å². The van der Waals surface area contributed by atoms with E-state index in [1.54, 1.807) is 0 Å². The molecule has 3 heteroatoms. The fraction of sp³-hybridized carbons (Fsp3) is 0.562. The minimum Gasteiger partial charge on any atom is -0.484 e. The van der Waals surface area contributed by atoms with Crippen LogP contribution in [-0.2, 0) is 4.79 Å². The van der Waals surface area contributed by atoms with E-state index in [-0.39, 0.29) is 18.6 Å². The molecular formula is C16H25NO2. The lowest BCUT2D eigenvalue weighted by molar-refractivity contribution is -0.123. The normalized spacial score (nSPS) is 10.8. The minimum absolute atomic E-state index is 0.0540. The monoisotopic (exact) mass is 263 g/mol. The van der Waals surface area contributed by atoms with Crippen molar-refractivity contribution < 1.29 is 9.53 Å². The summed E-state index contributed by atoms with van der Waals surface area (Å²) in [6, 6.07) is 8.16. The predicted molar refractivity (Wildman–Crippen MR) is 78.5 cm³/mol. The topological polar surface area (TPSA) is 38.3 Å². The predicted octanol–water partition coefficient (Wildman–Crippen LogP) is 3.49. The molecule has 19 heavy (non-hydrogen) atoms. The zero-order valence-corrected chi connectivity index (χ0v) is 12.4. The van der Waals surface area contributed by atoms with Gasteiger partial charge in [-0.15, -0.1) is 0 Å². The molecule has 3 nitrogen and oxygen atoms in total. The highest BCUT2D eigenvalue weighted by molar-refractivity contribution is 5.77. The van der Waals surface area contributed by atoms with Crippen LogP contribution in [0.2, 0.25) is 0 Å². The van der Waals surface area contributed by atoms with Gasteiger partial charge in [0.05, 0.1) is 0 Å². The summed E-state index contributed by atoms with van der Waals surface area (Å²) in [5, 5.41) is 2.95. The van der Waals surface area contributed by atoms with Crippen LogP contribution in [0.3, 0.4) is 0 Å². The first-order valence-electron chi connectivity index (χ1n) is 7.08. The van der Waals surface area contributed by atoms with Crippen molar-refractivity contribution in [3.63, 3.8) is 0 Å². The Balaban J connectivity index is 2.41. The third-order valence-corrected chi connectivity index (χ3v) is 3.27. The van der Waals surface area contributed by atoms with Gasteiger partial charge in [0.2, 0.25) is 0 Å². The van der Waals surface area contributed by atoms with Crippen LogP contribution >= 0.6 is 0 Å². The van der Waals surface area contributed by atoms with Gasteiger partial charge in [-0.25, -0.2) is 0 Å². The average Bonchev–Trinajstić information content (AvgIpc) is 2.43. The highest BCUT2D eigenvalue weighted by Gasteiger charge is 2.08. The first kappa shape index (κ1) is 15.5. The molecule has 0 saturated carbocycles. The van der Waals surface area contributed by atoms with Gasteiger partial charge in [-0.3, -0.25) is 4.79 Å². The Hall–Kier alpha value is -1.51. The molecule has 106 valence electrons. The van der Waals surface area contributed by atoms with Gasteiger partial charge < -0.3 is 10.1 Å². The maximum atomic E-state index is 11.7. The second-order valence-electron chi connectivity index (χ2n) is 5.09. The molecule has 0 saturated heterocycles. The highest BCUT2D eigenvalue weighted by Crippen LogP contribution is 2.18. The lowest BCUT2D eigenvalue weighted by Crippen LogP contribution is -2.37. The number of ether oxygens (including phenoxy) is 1. The molecule has 0 unspecified atom stereocenters. The standard InChI is InChI=1S/C16H25NO2/c1-5-14(6-2)17-16(18)11-19-15-9-7-13(8-10-15)12(3)4/h7-10,12,14H,5-6,11H2,1-4H3,(H,17,18). The summed E-state index contributed by atoms with van der Waals surface area (Å²) in [6.07, 6.45) is 1.90. The van der Waals surface area contributed by atoms with Crippen LogP contribution in [0.25, 0.3) is 0 Å². The van der Waals surface area contributed by atoms with Crippen LogP contribution in [0.4, 0.5) is 0 Å². The average molecular weight is 263 g/mol. The number of carbonyl (C=O) groups excluding carboxylic acids is 1. The van der Waals surface area contributed by atoms with Crippen LogP contribution in [0.15, 0.2) is 24.3 Å². The molecule has 1 rings (SSSR count). The van der Waals surface area contributed by atoms with Gasteiger partial charge in [-0.1, -0.05) is 39.8 Å². The minimum atomic E-state index is -0.0540. The van der Waals surface area contributed by atoms with Crippen molar-refractivity contribution in [2.45, 2.75) is 52.5 Å². The summed E-state index contributed by atoms with van der Waals surface area (Å²) in [4.78, 5) is 11.7. The quantitative estimate of drug-likeness (QED) is 0.817. The van der Waals surface area contributed by atoms with E-state index in [1.165, 1.54) is 5.56 Å². The molecule has 0 atom stereocenters. The Labute approximate surface area is 116 Å². The van der Waals surface area contributed by atoms with Gasteiger partial charge >= 0.3 is 0 Å². The van der Waals surface area contributed by atoms with Gasteiger partial charge in [0.1, 0.15) is 5.75 Å². The number of rotatable bonds is 7. The third-order valence-electron chi connectivity index (χ3n) is 3.27. The second-order valence-corrected chi connectivity index (χ2v) is 5.09.